The zero-order valence-electron chi connectivity index (χ0n) is 16.0. The second-order valence-electron chi connectivity index (χ2n) is 6.96. The second-order valence-corrected chi connectivity index (χ2v) is 7.99. The van der Waals surface area contributed by atoms with E-state index in [9.17, 15) is 4.79 Å². The quantitative estimate of drug-likeness (QED) is 0.456. The maximum Gasteiger partial charge on any atom is 0.228 e. The van der Waals surface area contributed by atoms with E-state index < -0.39 is 0 Å². The number of carbonyl (C=O) groups is 1. The minimum atomic E-state index is -0.00698. The number of benzene rings is 3. The fraction of sp³-hybridized carbons (Fsp3) is 0.167. The van der Waals surface area contributed by atoms with Gasteiger partial charge in [0.15, 0.2) is 0 Å². The average molecular weight is 387 g/mol. The number of fused-ring (bicyclic) bond motifs is 1. The molecular formula is C24H22N2OS. The summed E-state index contributed by atoms with van der Waals surface area (Å²) in [5.74, 6) is -0.00698. The fourth-order valence-electron chi connectivity index (χ4n) is 3.13. The lowest BCUT2D eigenvalue weighted by Crippen LogP contribution is -2.14. The van der Waals surface area contributed by atoms with Crippen LogP contribution in [0.15, 0.2) is 66.7 Å². The molecule has 1 amide bonds. The van der Waals surface area contributed by atoms with Crippen molar-refractivity contribution in [3.63, 3.8) is 0 Å². The summed E-state index contributed by atoms with van der Waals surface area (Å²) in [6.07, 6.45) is 1.38. The molecule has 140 valence electrons. The molecule has 0 radical (unpaired) electrons. The van der Waals surface area contributed by atoms with Gasteiger partial charge in [-0.15, -0.1) is 11.3 Å². The van der Waals surface area contributed by atoms with Crippen molar-refractivity contribution in [2.45, 2.75) is 26.7 Å². The monoisotopic (exact) mass is 386 g/mol. The molecule has 0 aliphatic heterocycles. The van der Waals surface area contributed by atoms with Gasteiger partial charge in [-0.25, -0.2) is 4.98 Å². The number of hydrogen-bond acceptors (Lipinski definition) is 3. The topological polar surface area (TPSA) is 42.0 Å². The van der Waals surface area contributed by atoms with Crippen molar-refractivity contribution in [2.24, 2.45) is 0 Å². The number of nitrogens with zero attached hydrogens (tertiary/aromatic N) is 1. The molecule has 0 saturated heterocycles. The Labute approximate surface area is 169 Å². The maximum atomic E-state index is 12.3. The second kappa shape index (κ2) is 7.95. The van der Waals surface area contributed by atoms with Gasteiger partial charge in [-0.1, -0.05) is 37.3 Å². The highest BCUT2D eigenvalue weighted by atomic mass is 32.1. The van der Waals surface area contributed by atoms with Gasteiger partial charge in [0.25, 0.3) is 0 Å². The van der Waals surface area contributed by atoms with Gasteiger partial charge in [0.2, 0.25) is 5.91 Å². The van der Waals surface area contributed by atoms with E-state index in [0.717, 1.165) is 33.8 Å². The van der Waals surface area contributed by atoms with Crippen LogP contribution in [0.1, 0.15) is 23.6 Å². The Morgan fingerprint density at radius 3 is 2.39 bits per heavy atom. The number of hydrogen-bond donors (Lipinski definition) is 1. The molecule has 4 heteroatoms. The van der Waals surface area contributed by atoms with Gasteiger partial charge in [0.05, 0.1) is 16.6 Å². The Morgan fingerprint density at radius 1 is 0.964 bits per heavy atom. The number of aromatic nitrogens is 1. The summed E-state index contributed by atoms with van der Waals surface area (Å²) < 4.78 is 1.20. The zero-order valence-corrected chi connectivity index (χ0v) is 16.8. The summed E-state index contributed by atoms with van der Waals surface area (Å²) in [4.78, 5) is 17.0. The number of anilines is 1. The molecule has 0 bridgehead atoms. The summed E-state index contributed by atoms with van der Waals surface area (Å²) in [5, 5.41) is 3.97. The van der Waals surface area contributed by atoms with Crippen molar-refractivity contribution in [1.29, 1.82) is 0 Å². The van der Waals surface area contributed by atoms with Crippen LogP contribution >= 0.6 is 11.3 Å². The summed E-state index contributed by atoms with van der Waals surface area (Å²) in [6.45, 7) is 4.22. The van der Waals surface area contributed by atoms with E-state index in [-0.39, 0.29) is 5.91 Å². The van der Waals surface area contributed by atoms with Crippen molar-refractivity contribution in [2.75, 3.05) is 5.32 Å². The van der Waals surface area contributed by atoms with E-state index in [2.05, 4.69) is 49.5 Å². The SMILES string of the molecule is CCc1ccc(CC(=O)Nc2ccc(-c3nc4ccc(C)cc4s3)cc2)cc1. The van der Waals surface area contributed by atoms with Crippen molar-refractivity contribution >= 4 is 33.1 Å². The van der Waals surface area contributed by atoms with Crippen molar-refractivity contribution in [1.82, 2.24) is 4.98 Å². The molecule has 28 heavy (non-hydrogen) atoms. The zero-order chi connectivity index (χ0) is 19.5. The Bertz CT molecular complexity index is 1110. The molecule has 1 aromatic heterocycles. The summed E-state index contributed by atoms with van der Waals surface area (Å²) in [7, 11) is 0. The van der Waals surface area contributed by atoms with Crippen LogP contribution in [-0.2, 0) is 17.6 Å². The molecule has 4 rings (SSSR count). The van der Waals surface area contributed by atoms with Gasteiger partial charge in [-0.05, 0) is 66.4 Å². The van der Waals surface area contributed by atoms with Crippen LogP contribution in [0.5, 0.6) is 0 Å². The highest BCUT2D eigenvalue weighted by molar-refractivity contribution is 7.21. The van der Waals surface area contributed by atoms with Gasteiger partial charge in [0.1, 0.15) is 5.01 Å². The molecule has 3 nitrogen and oxygen atoms in total. The lowest BCUT2D eigenvalue weighted by molar-refractivity contribution is -0.115. The maximum absolute atomic E-state index is 12.3. The van der Waals surface area contributed by atoms with E-state index in [0.29, 0.717) is 6.42 Å². The Hall–Kier alpha value is -2.98. The van der Waals surface area contributed by atoms with Crippen LogP contribution in [0.3, 0.4) is 0 Å². The van der Waals surface area contributed by atoms with E-state index in [4.69, 9.17) is 4.98 Å². The van der Waals surface area contributed by atoms with Gasteiger partial charge in [-0.3, -0.25) is 4.79 Å². The number of carbonyl (C=O) groups excluding carboxylic acids is 1. The molecule has 1 N–H and O–H groups in total. The molecule has 0 fully saturated rings. The van der Waals surface area contributed by atoms with E-state index in [1.54, 1.807) is 11.3 Å². The van der Waals surface area contributed by atoms with Gasteiger partial charge >= 0.3 is 0 Å². The van der Waals surface area contributed by atoms with E-state index in [1.807, 2.05) is 36.4 Å². The molecule has 0 atom stereocenters. The third kappa shape index (κ3) is 4.12. The normalized spacial score (nSPS) is 10.9. The smallest absolute Gasteiger partial charge is 0.228 e. The molecule has 0 spiro atoms. The molecule has 4 aromatic rings. The highest BCUT2D eigenvalue weighted by Gasteiger charge is 2.08. The molecule has 0 aliphatic rings. The van der Waals surface area contributed by atoms with Crippen LogP contribution in [0.4, 0.5) is 5.69 Å². The van der Waals surface area contributed by atoms with E-state index in [1.165, 1.54) is 15.8 Å². The van der Waals surface area contributed by atoms with Crippen LogP contribution in [0.2, 0.25) is 0 Å². The number of aryl methyl sites for hydroxylation is 2. The van der Waals surface area contributed by atoms with Crippen LogP contribution in [0.25, 0.3) is 20.8 Å². The first kappa shape index (κ1) is 18.4. The standard InChI is InChI=1S/C24H22N2OS/c1-3-17-5-7-18(8-6-17)15-23(27)25-20-11-9-19(10-12-20)24-26-21-13-4-16(2)14-22(21)28-24/h4-14H,3,15H2,1-2H3,(H,25,27). The molecule has 0 saturated carbocycles. The average Bonchev–Trinajstić information content (AvgIpc) is 3.12. The number of rotatable bonds is 5. The van der Waals surface area contributed by atoms with E-state index >= 15 is 0 Å². The van der Waals surface area contributed by atoms with Crippen molar-refractivity contribution in [3.05, 3.63) is 83.4 Å². The minimum absolute atomic E-state index is 0.00698. The van der Waals surface area contributed by atoms with Gasteiger partial charge in [-0.2, -0.15) is 0 Å². The minimum Gasteiger partial charge on any atom is -0.326 e. The largest absolute Gasteiger partial charge is 0.326 e. The number of amides is 1. The Morgan fingerprint density at radius 2 is 1.68 bits per heavy atom. The molecule has 3 aromatic carbocycles. The fourth-order valence-corrected chi connectivity index (χ4v) is 4.20. The summed E-state index contributed by atoms with van der Waals surface area (Å²) >= 11 is 1.69. The third-order valence-electron chi connectivity index (χ3n) is 4.76. The Kier molecular flexibility index (Phi) is 5.22. The third-order valence-corrected chi connectivity index (χ3v) is 5.82. The van der Waals surface area contributed by atoms with Crippen LogP contribution < -0.4 is 5.32 Å². The highest BCUT2D eigenvalue weighted by Crippen LogP contribution is 2.31. The van der Waals surface area contributed by atoms with Gasteiger partial charge < -0.3 is 5.32 Å². The first-order chi connectivity index (χ1) is 13.6. The first-order valence-electron chi connectivity index (χ1n) is 9.46. The summed E-state index contributed by atoms with van der Waals surface area (Å²) in [6, 6.07) is 22.4. The molecule has 1 heterocycles. The van der Waals surface area contributed by atoms with Crippen LogP contribution in [-0.4, -0.2) is 10.9 Å². The first-order valence-corrected chi connectivity index (χ1v) is 10.3. The molecule has 0 aliphatic carbocycles. The van der Waals surface area contributed by atoms with Crippen LogP contribution in [0, 0.1) is 6.92 Å². The van der Waals surface area contributed by atoms with Crippen molar-refractivity contribution < 1.29 is 4.79 Å². The summed E-state index contributed by atoms with van der Waals surface area (Å²) in [5.41, 5.74) is 6.44. The predicted octanol–water partition coefficient (Wildman–Crippen LogP) is 6.02. The van der Waals surface area contributed by atoms with Crippen molar-refractivity contribution in [3.8, 4) is 10.6 Å². The predicted molar refractivity (Wildman–Crippen MR) is 118 cm³/mol. The lowest BCUT2D eigenvalue weighted by Gasteiger charge is -2.07. The Balaban J connectivity index is 1.44. The van der Waals surface area contributed by atoms with Gasteiger partial charge in [0, 0.05) is 11.3 Å². The lowest BCUT2D eigenvalue weighted by atomic mass is 10.1. The molecule has 0 unspecified atom stereocenters. The number of thiazole rings is 1. The molecular weight excluding hydrogens is 364 g/mol. The number of nitrogens with one attached hydrogen (secondary N) is 1.